The van der Waals surface area contributed by atoms with Gasteiger partial charge in [0.25, 0.3) is 0 Å². The Hall–Kier alpha value is -1.69. The van der Waals surface area contributed by atoms with E-state index in [4.69, 9.17) is 4.74 Å². The minimum atomic E-state index is 0.0228. The van der Waals surface area contributed by atoms with Crippen LogP contribution in [0.3, 0.4) is 0 Å². The number of carbonyl (C=O) groups excluding carboxylic acids is 1. The molecular weight excluding hydrogens is 452 g/mol. The Morgan fingerprint density at radius 1 is 1.06 bits per heavy atom. The van der Waals surface area contributed by atoms with Gasteiger partial charge in [0.05, 0.1) is 19.3 Å². The second-order valence-electron chi connectivity index (χ2n) is 8.92. The molecule has 5 heteroatoms. The summed E-state index contributed by atoms with van der Waals surface area (Å²) in [6.07, 6.45) is 3.05. The minimum absolute atomic E-state index is 0.0228. The lowest BCUT2D eigenvalue weighted by Gasteiger charge is -2.43. The summed E-state index contributed by atoms with van der Waals surface area (Å²) in [4.78, 5) is 18.3. The van der Waals surface area contributed by atoms with Crippen LogP contribution in [0.1, 0.15) is 49.3 Å². The highest BCUT2D eigenvalue weighted by atomic mass is 79.9. The van der Waals surface area contributed by atoms with Crippen molar-refractivity contribution >= 4 is 21.8 Å². The molecule has 2 aromatic rings. The Bertz CT molecular complexity index is 851. The lowest BCUT2D eigenvalue weighted by atomic mass is 9.72. The maximum atomic E-state index is 13.7. The van der Waals surface area contributed by atoms with Crippen LogP contribution in [0.25, 0.3) is 0 Å². The first-order valence-electron chi connectivity index (χ1n) is 11.4. The average Bonchev–Trinajstić information content (AvgIpc) is 2.84. The van der Waals surface area contributed by atoms with Gasteiger partial charge in [-0.1, -0.05) is 58.4 Å². The minimum Gasteiger partial charge on any atom is -0.379 e. The third-order valence-corrected chi connectivity index (χ3v) is 7.74. The Morgan fingerprint density at radius 2 is 1.74 bits per heavy atom. The third-order valence-electron chi connectivity index (χ3n) is 7.21. The van der Waals surface area contributed by atoms with Gasteiger partial charge in [0, 0.05) is 36.6 Å². The largest absolute Gasteiger partial charge is 0.379 e. The number of hydrogen-bond donors (Lipinski definition) is 0. The molecule has 1 heterocycles. The van der Waals surface area contributed by atoms with Crippen LogP contribution in [0.2, 0.25) is 0 Å². The number of halogens is 1. The molecule has 0 N–H and O–H groups in total. The zero-order valence-electron chi connectivity index (χ0n) is 18.5. The molecule has 4 rings (SSSR count). The normalized spacial score (nSPS) is 25.7. The number of hydrogen-bond acceptors (Lipinski definition) is 3. The fourth-order valence-electron chi connectivity index (χ4n) is 5.20. The number of rotatable bonds is 5. The smallest absolute Gasteiger partial charge is 0.226 e. The van der Waals surface area contributed by atoms with Gasteiger partial charge >= 0.3 is 0 Å². The highest BCUT2D eigenvalue weighted by Crippen LogP contribution is 2.41. The SMILES string of the molecule is C[C@@H](c1ccccc1)N(C)C(=O)[C@@H]1CC[C@@H](N2CCOCC2)C[C@H]1c1ccc(Br)cc1. The van der Waals surface area contributed by atoms with E-state index in [9.17, 15) is 4.79 Å². The molecule has 1 amide bonds. The van der Waals surface area contributed by atoms with Gasteiger partial charge in [-0.25, -0.2) is 0 Å². The topological polar surface area (TPSA) is 32.8 Å². The standard InChI is InChI=1S/C26H33BrN2O2/c1-19(20-6-4-3-5-7-20)28(2)26(30)24-13-12-23(29-14-16-31-17-15-29)18-25(24)21-8-10-22(27)11-9-21/h3-11,19,23-25H,12-18H2,1-2H3/t19-,23+,24+,25-/m0/s1. The molecule has 2 fully saturated rings. The van der Waals surface area contributed by atoms with E-state index in [0.717, 1.165) is 50.0 Å². The van der Waals surface area contributed by atoms with Crippen LogP contribution in [0.15, 0.2) is 59.1 Å². The summed E-state index contributed by atoms with van der Waals surface area (Å²) in [6, 6.07) is 19.5. The molecule has 1 aliphatic heterocycles. The predicted octanol–water partition coefficient (Wildman–Crippen LogP) is 5.25. The van der Waals surface area contributed by atoms with Crippen molar-refractivity contribution in [3.63, 3.8) is 0 Å². The van der Waals surface area contributed by atoms with Crippen molar-refractivity contribution in [2.45, 2.75) is 44.2 Å². The summed E-state index contributed by atoms with van der Waals surface area (Å²) in [5.41, 5.74) is 2.46. The number of amides is 1. The molecule has 0 aromatic heterocycles. The zero-order chi connectivity index (χ0) is 21.8. The highest BCUT2D eigenvalue weighted by Gasteiger charge is 2.40. The van der Waals surface area contributed by atoms with Gasteiger partial charge in [-0.2, -0.15) is 0 Å². The van der Waals surface area contributed by atoms with Crippen molar-refractivity contribution < 1.29 is 9.53 Å². The summed E-state index contributed by atoms with van der Waals surface area (Å²) < 4.78 is 6.64. The lowest BCUT2D eigenvalue weighted by Crippen LogP contribution is -2.48. The number of ether oxygens (including phenoxy) is 1. The van der Waals surface area contributed by atoms with Gasteiger partial charge in [0.1, 0.15) is 0 Å². The molecule has 31 heavy (non-hydrogen) atoms. The molecule has 4 nitrogen and oxygen atoms in total. The van der Waals surface area contributed by atoms with Crippen LogP contribution in [-0.4, -0.2) is 55.1 Å². The predicted molar refractivity (Wildman–Crippen MR) is 128 cm³/mol. The number of morpholine rings is 1. The van der Waals surface area contributed by atoms with Crippen molar-refractivity contribution in [3.05, 3.63) is 70.2 Å². The van der Waals surface area contributed by atoms with Crippen molar-refractivity contribution in [3.8, 4) is 0 Å². The van der Waals surface area contributed by atoms with E-state index in [1.54, 1.807) is 0 Å². The first kappa shape index (κ1) is 22.5. The maximum Gasteiger partial charge on any atom is 0.226 e. The Balaban J connectivity index is 1.55. The second kappa shape index (κ2) is 10.3. The molecular formula is C26H33BrN2O2. The van der Waals surface area contributed by atoms with Crippen LogP contribution in [0.4, 0.5) is 0 Å². The summed E-state index contributed by atoms with van der Waals surface area (Å²) in [7, 11) is 1.96. The van der Waals surface area contributed by atoms with Gasteiger partial charge in [-0.15, -0.1) is 0 Å². The van der Waals surface area contributed by atoms with Gasteiger partial charge < -0.3 is 9.64 Å². The third kappa shape index (κ3) is 5.21. The van der Waals surface area contributed by atoms with Gasteiger partial charge in [-0.3, -0.25) is 9.69 Å². The van der Waals surface area contributed by atoms with E-state index < -0.39 is 0 Å². The second-order valence-corrected chi connectivity index (χ2v) is 9.83. The molecule has 0 radical (unpaired) electrons. The van der Waals surface area contributed by atoms with Crippen LogP contribution in [0.5, 0.6) is 0 Å². The number of nitrogens with zero attached hydrogens (tertiary/aromatic N) is 2. The quantitative estimate of drug-likeness (QED) is 0.580. The van der Waals surface area contributed by atoms with Crippen LogP contribution >= 0.6 is 15.9 Å². The van der Waals surface area contributed by atoms with E-state index in [2.05, 4.69) is 64.2 Å². The number of carbonyl (C=O) groups is 1. The molecule has 0 bridgehead atoms. The Labute approximate surface area is 194 Å². The first-order valence-corrected chi connectivity index (χ1v) is 12.2. The van der Waals surface area contributed by atoms with Crippen LogP contribution in [0, 0.1) is 5.92 Å². The van der Waals surface area contributed by atoms with Gasteiger partial charge in [-0.05, 0) is 55.4 Å². The number of benzene rings is 2. The summed E-state index contributed by atoms with van der Waals surface area (Å²) in [5.74, 6) is 0.534. The van der Waals surface area contributed by atoms with E-state index in [1.165, 1.54) is 11.1 Å². The molecule has 2 aromatic carbocycles. The van der Waals surface area contributed by atoms with E-state index in [1.807, 2.05) is 30.1 Å². The summed E-state index contributed by atoms with van der Waals surface area (Å²) >= 11 is 3.56. The molecule has 0 spiro atoms. The van der Waals surface area contributed by atoms with Crippen molar-refractivity contribution in [2.24, 2.45) is 5.92 Å². The summed E-state index contributed by atoms with van der Waals surface area (Å²) in [5, 5.41) is 0. The molecule has 166 valence electrons. The maximum absolute atomic E-state index is 13.7. The molecule has 4 atom stereocenters. The van der Waals surface area contributed by atoms with Crippen molar-refractivity contribution in [2.75, 3.05) is 33.4 Å². The Morgan fingerprint density at radius 3 is 2.42 bits per heavy atom. The monoisotopic (exact) mass is 484 g/mol. The summed E-state index contributed by atoms with van der Waals surface area (Å²) in [6.45, 7) is 5.77. The zero-order valence-corrected chi connectivity index (χ0v) is 20.1. The van der Waals surface area contributed by atoms with E-state index >= 15 is 0 Å². The highest BCUT2D eigenvalue weighted by molar-refractivity contribution is 9.10. The molecule has 1 aliphatic carbocycles. The van der Waals surface area contributed by atoms with Gasteiger partial charge in [0.15, 0.2) is 0 Å². The van der Waals surface area contributed by atoms with Crippen LogP contribution in [-0.2, 0) is 9.53 Å². The van der Waals surface area contributed by atoms with E-state index in [-0.39, 0.29) is 23.8 Å². The molecule has 1 saturated heterocycles. The van der Waals surface area contributed by atoms with Crippen molar-refractivity contribution in [1.82, 2.24) is 9.80 Å². The average molecular weight is 485 g/mol. The molecule has 2 aliphatic rings. The first-order chi connectivity index (χ1) is 15.0. The molecule has 1 saturated carbocycles. The Kier molecular flexibility index (Phi) is 7.47. The van der Waals surface area contributed by atoms with Crippen LogP contribution < -0.4 is 0 Å². The van der Waals surface area contributed by atoms with Crippen molar-refractivity contribution in [1.29, 1.82) is 0 Å². The lowest BCUT2D eigenvalue weighted by molar-refractivity contribution is -0.138. The van der Waals surface area contributed by atoms with E-state index in [0.29, 0.717) is 6.04 Å². The molecule has 0 unspecified atom stereocenters. The fourth-order valence-corrected chi connectivity index (χ4v) is 5.47. The fraction of sp³-hybridized carbons (Fsp3) is 0.500. The van der Waals surface area contributed by atoms with Gasteiger partial charge in [0.2, 0.25) is 5.91 Å².